The van der Waals surface area contributed by atoms with Crippen LogP contribution < -0.4 is 16.1 Å². The van der Waals surface area contributed by atoms with Crippen LogP contribution in [0.15, 0.2) is 34.2 Å². The van der Waals surface area contributed by atoms with E-state index in [1.807, 2.05) is 6.07 Å². The van der Waals surface area contributed by atoms with Crippen molar-refractivity contribution in [3.63, 3.8) is 0 Å². The average molecular weight is 324 g/mol. The zero-order chi connectivity index (χ0) is 16.3. The van der Waals surface area contributed by atoms with Crippen LogP contribution >= 0.6 is 0 Å². The van der Waals surface area contributed by atoms with Crippen molar-refractivity contribution in [3.05, 3.63) is 45.5 Å². The molecule has 0 radical (unpaired) electrons. The Balaban J connectivity index is 1.68. The van der Waals surface area contributed by atoms with Crippen molar-refractivity contribution in [2.45, 2.75) is 12.8 Å². The molecule has 122 valence electrons. The summed E-state index contributed by atoms with van der Waals surface area (Å²) in [4.78, 5) is 34.9. The average Bonchev–Trinajstić information content (AvgIpc) is 3.02. The van der Waals surface area contributed by atoms with Gasteiger partial charge in [-0.2, -0.15) is 5.10 Å². The number of nitrogens with one attached hydrogen (secondary N) is 2. The van der Waals surface area contributed by atoms with E-state index in [-0.39, 0.29) is 0 Å². The van der Waals surface area contributed by atoms with E-state index in [9.17, 15) is 9.59 Å². The third-order valence-electron chi connectivity index (χ3n) is 5.07. The molecular formula is C16H16N6O2. The summed E-state index contributed by atoms with van der Waals surface area (Å²) >= 11 is 0. The molecule has 1 saturated carbocycles. The fourth-order valence-corrected chi connectivity index (χ4v) is 3.93. The van der Waals surface area contributed by atoms with Gasteiger partial charge >= 0.3 is 5.69 Å². The number of H-pyrrole nitrogens is 2. The molecule has 0 unspecified atom stereocenters. The number of fused-ring (bicyclic) bond motifs is 3. The van der Waals surface area contributed by atoms with Crippen LogP contribution in [-0.2, 0) is 0 Å². The summed E-state index contributed by atoms with van der Waals surface area (Å²) in [5, 5.41) is 4.47. The number of anilines is 1. The maximum atomic E-state index is 12.1. The van der Waals surface area contributed by atoms with E-state index < -0.39 is 11.2 Å². The van der Waals surface area contributed by atoms with Crippen LogP contribution in [0.25, 0.3) is 16.9 Å². The molecule has 3 aliphatic rings. The molecule has 24 heavy (non-hydrogen) atoms. The van der Waals surface area contributed by atoms with Crippen LogP contribution in [0.4, 0.5) is 5.69 Å². The minimum Gasteiger partial charge on any atom is -0.368 e. The lowest BCUT2D eigenvalue weighted by molar-refractivity contribution is 0.159. The standard InChI is InChI=1S/C16H16N6O2/c23-15-11(6-18-16(24)19-15)12-5-13(14-17-1-2-22(14)20-12)21-7-9-3-10(4-9)8-21/h1-2,5-6,9-10H,3-4,7-8H2,(H2,18,19,23,24). The Morgan fingerprint density at radius 2 is 1.96 bits per heavy atom. The van der Waals surface area contributed by atoms with Crippen molar-refractivity contribution in [1.29, 1.82) is 0 Å². The summed E-state index contributed by atoms with van der Waals surface area (Å²) in [7, 11) is 0. The Kier molecular flexibility index (Phi) is 2.70. The number of hydrogen-bond acceptors (Lipinski definition) is 5. The zero-order valence-corrected chi connectivity index (χ0v) is 12.9. The Labute approximate surface area is 136 Å². The third-order valence-corrected chi connectivity index (χ3v) is 5.07. The van der Waals surface area contributed by atoms with Crippen LogP contribution in [0.2, 0.25) is 0 Å². The Bertz CT molecular complexity index is 1030. The first-order valence-corrected chi connectivity index (χ1v) is 8.09. The van der Waals surface area contributed by atoms with E-state index in [0.717, 1.165) is 36.3 Å². The lowest BCUT2D eigenvalue weighted by Gasteiger charge is -2.48. The molecule has 8 nitrogen and oxygen atoms in total. The molecule has 0 spiro atoms. The van der Waals surface area contributed by atoms with E-state index in [1.54, 1.807) is 16.9 Å². The van der Waals surface area contributed by atoms with E-state index in [1.165, 1.54) is 19.0 Å². The second-order valence-electron chi connectivity index (χ2n) is 6.70. The number of rotatable bonds is 2. The highest BCUT2D eigenvalue weighted by atomic mass is 16.2. The molecule has 1 aliphatic carbocycles. The molecule has 2 saturated heterocycles. The van der Waals surface area contributed by atoms with Crippen molar-refractivity contribution in [3.8, 4) is 11.3 Å². The number of aromatic nitrogens is 5. The quantitative estimate of drug-likeness (QED) is 0.720. The molecule has 2 aliphatic heterocycles. The number of aromatic amines is 2. The second kappa shape index (κ2) is 4.80. The van der Waals surface area contributed by atoms with Gasteiger partial charge in [-0.15, -0.1) is 0 Å². The highest BCUT2D eigenvalue weighted by Crippen LogP contribution is 2.42. The van der Waals surface area contributed by atoms with Crippen molar-refractivity contribution in [2.75, 3.05) is 18.0 Å². The molecule has 2 bridgehead atoms. The van der Waals surface area contributed by atoms with Crippen molar-refractivity contribution < 1.29 is 0 Å². The molecule has 0 atom stereocenters. The number of piperidine rings is 2. The van der Waals surface area contributed by atoms with Crippen LogP contribution in [-0.4, -0.2) is 37.7 Å². The second-order valence-corrected chi connectivity index (χ2v) is 6.70. The van der Waals surface area contributed by atoms with Gasteiger partial charge in [-0.25, -0.2) is 14.3 Å². The topological polar surface area (TPSA) is 99.2 Å². The Hall–Kier alpha value is -2.90. The van der Waals surface area contributed by atoms with Gasteiger partial charge in [0.1, 0.15) is 5.69 Å². The fraction of sp³-hybridized carbons (Fsp3) is 0.375. The minimum absolute atomic E-state index is 0.341. The maximum Gasteiger partial charge on any atom is 0.325 e. The van der Waals surface area contributed by atoms with E-state index in [4.69, 9.17) is 0 Å². The van der Waals surface area contributed by atoms with Gasteiger partial charge < -0.3 is 9.88 Å². The highest BCUT2D eigenvalue weighted by molar-refractivity contribution is 5.74. The number of hydrogen-bond donors (Lipinski definition) is 2. The van der Waals surface area contributed by atoms with Crippen molar-refractivity contribution in [1.82, 2.24) is 24.6 Å². The largest absolute Gasteiger partial charge is 0.368 e. The number of imidazole rings is 1. The maximum absolute atomic E-state index is 12.1. The number of nitrogens with zero attached hydrogens (tertiary/aromatic N) is 4. The summed E-state index contributed by atoms with van der Waals surface area (Å²) in [6.07, 6.45) is 7.52. The van der Waals surface area contributed by atoms with Gasteiger partial charge in [-0.3, -0.25) is 9.78 Å². The highest BCUT2D eigenvalue weighted by Gasteiger charge is 2.37. The first-order valence-electron chi connectivity index (χ1n) is 8.09. The first kappa shape index (κ1) is 13.5. The lowest BCUT2D eigenvalue weighted by Crippen LogP contribution is -2.48. The summed E-state index contributed by atoms with van der Waals surface area (Å²) in [5.74, 6) is 1.51. The Morgan fingerprint density at radius 3 is 2.71 bits per heavy atom. The van der Waals surface area contributed by atoms with Gasteiger partial charge in [0.05, 0.1) is 11.3 Å². The molecule has 2 N–H and O–H groups in total. The molecule has 3 aromatic rings. The monoisotopic (exact) mass is 324 g/mol. The van der Waals surface area contributed by atoms with Crippen LogP contribution in [0.3, 0.4) is 0 Å². The zero-order valence-electron chi connectivity index (χ0n) is 12.9. The lowest BCUT2D eigenvalue weighted by atomic mass is 9.71. The predicted molar refractivity (Wildman–Crippen MR) is 88.1 cm³/mol. The van der Waals surface area contributed by atoms with Crippen LogP contribution in [0.1, 0.15) is 12.8 Å². The Morgan fingerprint density at radius 1 is 1.17 bits per heavy atom. The predicted octanol–water partition coefficient (Wildman–Crippen LogP) is 0.619. The summed E-state index contributed by atoms with van der Waals surface area (Å²) in [6, 6.07) is 1.90. The van der Waals surface area contributed by atoms with Gasteiger partial charge in [0, 0.05) is 31.7 Å². The SMILES string of the molecule is O=c1[nH]cc(-c2cc(N3CC4CC(C4)C3)c3nccn3n2)c(=O)[nH]1. The van der Waals surface area contributed by atoms with E-state index in [0.29, 0.717) is 11.3 Å². The molecular weight excluding hydrogens is 308 g/mol. The molecule has 8 heteroatoms. The summed E-state index contributed by atoms with van der Waals surface area (Å²) in [5.41, 5.74) is 1.67. The summed E-state index contributed by atoms with van der Waals surface area (Å²) < 4.78 is 1.69. The van der Waals surface area contributed by atoms with Gasteiger partial charge in [0.25, 0.3) is 5.56 Å². The molecule has 3 aromatic heterocycles. The molecule has 3 fully saturated rings. The van der Waals surface area contributed by atoms with Crippen LogP contribution in [0, 0.1) is 11.8 Å². The van der Waals surface area contributed by atoms with E-state index >= 15 is 0 Å². The molecule has 5 heterocycles. The molecule has 0 aromatic carbocycles. The molecule has 0 amide bonds. The third kappa shape index (κ3) is 1.99. The van der Waals surface area contributed by atoms with Gasteiger partial charge in [-0.05, 0) is 30.7 Å². The van der Waals surface area contributed by atoms with Crippen molar-refractivity contribution in [2.24, 2.45) is 11.8 Å². The first-order chi connectivity index (χ1) is 11.7. The summed E-state index contributed by atoms with van der Waals surface area (Å²) in [6.45, 7) is 2.04. The van der Waals surface area contributed by atoms with Crippen molar-refractivity contribution >= 4 is 11.3 Å². The van der Waals surface area contributed by atoms with Gasteiger partial charge in [-0.1, -0.05) is 0 Å². The van der Waals surface area contributed by atoms with Gasteiger partial charge in [0.2, 0.25) is 0 Å². The fourth-order valence-electron chi connectivity index (χ4n) is 3.93. The minimum atomic E-state index is -0.524. The molecule has 6 rings (SSSR count). The van der Waals surface area contributed by atoms with Crippen LogP contribution in [0.5, 0.6) is 0 Å². The normalized spacial score (nSPS) is 22.6. The smallest absolute Gasteiger partial charge is 0.325 e. The van der Waals surface area contributed by atoms with E-state index in [2.05, 4.69) is 25.0 Å². The van der Waals surface area contributed by atoms with Gasteiger partial charge in [0.15, 0.2) is 5.65 Å².